The van der Waals surface area contributed by atoms with Crippen molar-refractivity contribution in [3.8, 4) is 0 Å². The van der Waals surface area contributed by atoms with Crippen molar-refractivity contribution in [2.45, 2.75) is 39.7 Å². The van der Waals surface area contributed by atoms with Crippen LogP contribution < -0.4 is 9.62 Å². The first-order chi connectivity index (χ1) is 12.3. The summed E-state index contributed by atoms with van der Waals surface area (Å²) >= 11 is 0. The van der Waals surface area contributed by atoms with Crippen LogP contribution in [0.15, 0.2) is 48.5 Å². The van der Waals surface area contributed by atoms with E-state index in [9.17, 15) is 13.2 Å². The van der Waals surface area contributed by atoms with Gasteiger partial charge in [-0.2, -0.15) is 0 Å². The lowest BCUT2D eigenvalue weighted by Crippen LogP contribution is -2.47. The molecule has 0 saturated carbocycles. The van der Waals surface area contributed by atoms with Gasteiger partial charge in [0.2, 0.25) is 15.9 Å². The van der Waals surface area contributed by atoms with E-state index in [0.29, 0.717) is 12.1 Å². The van der Waals surface area contributed by atoms with Crippen LogP contribution in [0.5, 0.6) is 0 Å². The van der Waals surface area contributed by atoms with Gasteiger partial charge in [0.15, 0.2) is 0 Å². The van der Waals surface area contributed by atoms with Crippen molar-refractivity contribution in [2.75, 3.05) is 15.9 Å². The molecule has 0 heterocycles. The molecule has 6 heteroatoms. The fourth-order valence-electron chi connectivity index (χ4n) is 2.92. The molecule has 2 aromatic rings. The van der Waals surface area contributed by atoms with Gasteiger partial charge in [0.25, 0.3) is 0 Å². The molecule has 0 spiro atoms. The number of amides is 1. The molecule has 5 nitrogen and oxygen atoms in total. The normalized spacial score (nSPS) is 12.5. The van der Waals surface area contributed by atoms with Crippen molar-refractivity contribution in [3.63, 3.8) is 0 Å². The molecule has 1 atom stereocenters. The number of anilines is 2. The maximum atomic E-state index is 12.9. The van der Waals surface area contributed by atoms with E-state index >= 15 is 0 Å². The van der Waals surface area contributed by atoms with Gasteiger partial charge in [0.05, 0.1) is 11.9 Å². The summed E-state index contributed by atoms with van der Waals surface area (Å²) in [5, 5.41) is 2.90. The third kappa shape index (κ3) is 4.64. The molecule has 0 unspecified atom stereocenters. The number of carbonyl (C=O) groups excluding carboxylic acids is 1. The van der Waals surface area contributed by atoms with Crippen LogP contribution in [-0.2, 0) is 21.2 Å². The average molecular weight is 375 g/mol. The van der Waals surface area contributed by atoms with E-state index in [1.807, 2.05) is 57.2 Å². The molecule has 0 fully saturated rings. The van der Waals surface area contributed by atoms with Gasteiger partial charge in [0.1, 0.15) is 6.04 Å². The van der Waals surface area contributed by atoms with Crippen molar-refractivity contribution < 1.29 is 13.2 Å². The predicted molar refractivity (Wildman–Crippen MR) is 107 cm³/mol. The van der Waals surface area contributed by atoms with Gasteiger partial charge in [-0.3, -0.25) is 9.10 Å². The van der Waals surface area contributed by atoms with E-state index < -0.39 is 16.1 Å². The number of rotatable bonds is 7. The molecule has 0 aliphatic carbocycles. The summed E-state index contributed by atoms with van der Waals surface area (Å²) < 4.78 is 26.1. The van der Waals surface area contributed by atoms with E-state index in [2.05, 4.69) is 5.32 Å². The van der Waals surface area contributed by atoms with E-state index in [1.165, 1.54) is 4.31 Å². The van der Waals surface area contributed by atoms with Crippen molar-refractivity contribution >= 4 is 27.3 Å². The number of hydrogen-bond donors (Lipinski definition) is 1. The molecule has 0 bridgehead atoms. The number of aryl methyl sites for hydroxylation is 2. The Kier molecular flexibility index (Phi) is 6.42. The lowest BCUT2D eigenvalue weighted by atomic mass is 10.1. The zero-order valence-electron chi connectivity index (χ0n) is 15.7. The van der Waals surface area contributed by atoms with Crippen LogP contribution in [0.25, 0.3) is 0 Å². The van der Waals surface area contributed by atoms with E-state index in [0.717, 1.165) is 29.5 Å². The molecule has 26 heavy (non-hydrogen) atoms. The van der Waals surface area contributed by atoms with E-state index in [4.69, 9.17) is 0 Å². The zero-order valence-corrected chi connectivity index (χ0v) is 16.5. The Morgan fingerprint density at radius 1 is 1.08 bits per heavy atom. The second-order valence-electron chi connectivity index (χ2n) is 6.32. The molecule has 2 aromatic carbocycles. The Morgan fingerprint density at radius 3 is 2.23 bits per heavy atom. The second kappa shape index (κ2) is 8.36. The summed E-state index contributed by atoms with van der Waals surface area (Å²) in [7, 11) is -3.62. The molecule has 0 saturated heterocycles. The Bertz CT molecular complexity index is 861. The lowest BCUT2D eigenvalue weighted by Gasteiger charge is -2.30. The fraction of sp³-hybridized carbons (Fsp3) is 0.350. The maximum Gasteiger partial charge on any atom is 0.248 e. The van der Waals surface area contributed by atoms with Gasteiger partial charge >= 0.3 is 0 Å². The van der Waals surface area contributed by atoms with Gasteiger partial charge in [0, 0.05) is 5.69 Å². The van der Waals surface area contributed by atoms with E-state index in [-0.39, 0.29) is 5.91 Å². The zero-order chi connectivity index (χ0) is 19.3. The first-order valence-electron chi connectivity index (χ1n) is 8.72. The van der Waals surface area contributed by atoms with Gasteiger partial charge in [-0.15, -0.1) is 0 Å². The summed E-state index contributed by atoms with van der Waals surface area (Å²) in [5.74, 6) is -0.334. The number of sulfonamides is 1. The third-order valence-electron chi connectivity index (χ3n) is 4.27. The number of benzene rings is 2. The molecule has 140 valence electrons. The Morgan fingerprint density at radius 2 is 1.69 bits per heavy atom. The number of nitrogens with zero attached hydrogens (tertiary/aromatic N) is 1. The summed E-state index contributed by atoms with van der Waals surface area (Å²) in [4.78, 5) is 12.9. The standard InChI is InChI=1S/C20H26N2O3S/c1-5-16-9-7-8-10-18(16)21-20(23)19(6-2)22(26(4,24)25)17-13-11-15(3)12-14-17/h7-14,19H,5-6H2,1-4H3,(H,21,23)/t19-/m1/s1. The van der Waals surface area contributed by atoms with Crippen molar-refractivity contribution in [1.29, 1.82) is 0 Å². The molecular weight excluding hydrogens is 348 g/mol. The van der Waals surface area contributed by atoms with Crippen LogP contribution in [-0.4, -0.2) is 26.6 Å². The minimum Gasteiger partial charge on any atom is -0.324 e. The maximum absolute atomic E-state index is 12.9. The Hall–Kier alpha value is -2.34. The second-order valence-corrected chi connectivity index (χ2v) is 8.18. The highest BCUT2D eigenvalue weighted by Crippen LogP contribution is 2.24. The van der Waals surface area contributed by atoms with E-state index in [1.54, 1.807) is 12.1 Å². The number of hydrogen-bond acceptors (Lipinski definition) is 3. The molecular formula is C20H26N2O3S. The van der Waals surface area contributed by atoms with Crippen LogP contribution in [0.2, 0.25) is 0 Å². The monoisotopic (exact) mass is 374 g/mol. The molecule has 0 radical (unpaired) electrons. The first-order valence-corrected chi connectivity index (χ1v) is 10.6. The van der Waals surface area contributed by atoms with Crippen LogP contribution in [0.1, 0.15) is 31.4 Å². The average Bonchev–Trinajstić information content (AvgIpc) is 2.60. The highest BCUT2D eigenvalue weighted by atomic mass is 32.2. The third-order valence-corrected chi connectivity index (χ3v) is 5.45. The highest BCUT2D eigenvalue weighted by molar-refractivity contribution is 7.92. The van der Waals surface area contributed by atoms with Gasteiger partial charge in [-0.05, 0) is 43.5 Å². The van der Waals surface area contributed by atoms with Gasteiger partial charge in [-0.25, -0.2) is 8.42 Å². The SMILES string of the molecule is CCc1ccccc1NC(=O)[C@@H](CC)N(c1ccc(C)cc1)S(C)(=O)=O. The van der Waals surface area contributed by atoms with Gasteiger partial charge < -0.3 is 5.32 Å². The number of para-hydroxylation sites is 1. The number of nitrogens with one attached hydrogen (secondary N) is 1. The Labute approximate surface area is 156 Å². The molecule has 1 amide bonds. The van der Waals surface area contributed by atoms with Crippen molar-refractivity contribution in [2.24, 2.45) is 0 Å². The molecule has 0 aliphatic heterocycles. The largest absolute Gasteiger partial charge is 0.324 e. The Balaban J connectivity index is 2.38. The lowest BCUT2D eigenvalue weighted by molar-refractivity contribution is -0.117. The topological polar surface area (TPSA) is 66.5 Å². The quantitative estimate of drug-likeness (QED) is 0.803. The predicted octanol–water partition coefficient (Wildman–Crippen LogP) is 3.74. The van der Waals surface area contributed by atoms with Crippen LogP contribution in [0.3, 0.4) is 0 Å². The van der Waals surface area contributed by atoms with Crippen LogP contribution >= 0.6 is 0 Å². The smallest absolute Gasteiger partial charge is 0.248 e. The molecule has 2 rings (SSSR count). The summed E-state index contributed by atoms with van der Waals surface area (Å²) in [6.07, 6.45) is 2.27. The number of carbonyl (C=O) groups is 1. The summed E-state index contributed by atoms with van der Waals surface area (Å²) in [5.41, 5.74) is 3.24. The highest BCUT2D eigenvalue weighted by Gasteiger charge is 2.31. The van der Waals surface area contributed by atoms with Crippen molar-refractivity contribution in [1.82, 2.24) is 0 Å². The van der Waals surface area contributed by atoms with Crippen LogP contribution in [0.4, 0.5) is 11.4 Å². The van der Waals surface area contributed by atoms with Crippen molar-refractivity contribution in [3.05, 3.63) is 59.7 Å². The summed E-state index contributed by atoms with van der Waals surface area (Å²) in [6, 6.07) is 13.9. The minimum atomic E-state index is -3.62. The van der Waals surface area contributed by atoms with Gasteiger partial charge in [-0.1, -0.05) is 49.7 Å². The molecule has 0 aromatic heterocycles. The molecule has 0 aliphatic rings. The fourth-order valence-corrected chi connectivity index (χ4v) is 4.13. The minimum absolute atomic E-state index is 0.334. The summed E-state index contributed by atoms with van der Waals surface area (Å²) in [6.45, 7) is 5.75. The molecule has 1 N–H and O–H groups in total. The first kappa shape index (κ1) is 20.0. The van der Waals surface area contributed by atoms with Crippen LogP contribution in [0, 0.1) is 6.92 Å².